The zero-order chi connectivity index (χ0) is 20.0. The van der Waals surface area contributed by atoms with E-state index in [1.807, 2.05) is 0 Å². The molecule has 2 heterocycles. The van der Waals surface area contributed by atoms with Gasteiger partial charge in [-0.25, -0.2) is 24.3 Å². The Hall–Kier alpha value is -2.37. The van der Waals surface area contributed by atoms with Gasteiger partial charge in [-0.3, -0.25) is 5.32 Å². The predicted molar refractivity (Wildman–Crippen MR) is 97.8 cm³/mol. The number of alkyl halides is 3. The van der Waals surface area contributed by atoms with Crippen LogP contribution in [0.3, 0.4) is 0 Å². The zero-order valence-corrected chi connectivity index (χ0v) is 16.1. The Morgan fingerprint density at radius 2 is 2.04 bits per heavy atom. The molecule has 0 unspecified atom stereocenters. The highest BCUT2D eigenvalue weighted by Gasteiger charge is 2.35. The molecule has 2 aromatic heterocycles. The van der Waals surface area contributed by atoms with Gasteiger partial charge in [0, 0.05) is 19.3 Å². The van der Waals surface area contributed by atoms with Crippen molar-refractivity contribution >= 4 is 52.7 Å². The normalized spacial score (nSPS) is 12.3. The van der Waals surface area contributed by atoms with Crippen LogP contribution in [0.5, 0.6) is 0 Å². The van der Waals surface area contributed by atoms with Crippen molar-refractivity contribution in [1.29, 1.82) is 0 Å². The summed E-state index contributed by atoms with van der Waals surface area (Å²) in [7, 11) is 0. The van der Waals surface area contributed by atoms with Crippen LogP contribution in [0, 0.1) is 17.0 Å². The van der Waals surface area contributed by atoms with Gasteiger partial charge < -0.3 is 20.2 Å². The number of imidazole rings is 1. The van der Waals surface area contributed by atoms with Crippen LogP contribution in [-0.4, -0.2) is 47.1 Å². The molecule has 0 aromatic carbocycles. The van der Waals surface area contributed by atoms with Crippen LogP contribution in [0.1, 0.15) is 5.82 Å². The van der Waals surface area contributed by atoms with E-state index < -0.39 is 21.0 Å². The SMILES string of the molecule is Cc1ncc([N+](=O)[O-])n1CCOC(=O)N[C@@H](Nc1ncccn1)C(Cl)(Cl)Cl. The van der Waals surface area contributed by atoms with E-state index in [0.29, 0.717) is 5.82 Å². The molecule has 0 saturated carbocycles. The van der Waals surface area contributed by atoms with Crippen molar-refractivity contribution in [3.05, 3.63) is 40.6 Å². The van der Waals surface area contributed by atoms with Crippen LogP contribution in [0.4, 0.5) is 16.6 Å². The molecule has 11 nitrogen and oxygen atoms in total. The third kappa shape index (κ3) is 6.08. The number of amides is 1. The smallest absolute Gasteiger partial charge is 0.409 e. The third-order valence-electron chi connectivity index (χ3n) is 3.20. The van der Waals surface area contributed by atoms with Gasteiger partial charge in [-0.05, 0) is 11.0 Å². The van der Waals surface area contributed by atoms with Crippen molar-refractivity contribution in [3.8, 4) is 0 Å². The lowest BCUT2D eigenvalue weighted by molar-refractivity contribution is -0.392. The second-order valence-electron chi connectivity index (χ2n) is 5.04. The van der Waals surface area contributed by atoms with E-state index in [1.54, 1.807) is 13.0 Å². The number of nitro groups is 1. The Morgan fingerprint density at radius 3 is 2.63 bits per heavy atom. The quantitative estimate of drug-likeness (QED) is 0.291. The Morgan fingerprint density at radius 1 is 1.37 bits per heavy atom. The summed E-state index contributed by atoms with van der Waals surface area (Å²) in [6.45, 7) is 1.46. The van der Waals surface area contributed by atoms with Crippen LogP contribution in [-0.2, 0) is 11.3 Å². The number of alkyl carbamates (subject to hydrolysis) is 1. The molecule has 2 aromatic rings. The lowest BCUT2D eigenvalue weighted by Gasteiger charge is -2.25. The van der Waals surface area contributed by atoms with Crippen molar-refractivity contribution in [2.24, 2.45) is 0 Å². The molecule has 1 atom stereocenters. The fourth-order valence-corrected chi connectivity index (χ4v) is 2.30. The van der Waals surface area contributed by atoms with Crippen molar-refractivity contribution in [3.63, 3.8) is 0 Å². The largest absolute Gasteiger partial charge is 0.445 e. The molecule has 0 radical (unpaired) electrons. The molecule has 0 fully saturated rings. The summed E-state index contributed by atoms with van der Waals surface area (Å²) < 4.78 is 4.36. The molecular formula is C13H14Cl3N7O4. The molecule has 146 valence electrons. The number of aryl methyl sites for hydroxylation is 1. The van der Waals surface area contributed by atoms with Gasteiger partial charge in [-0.2, -0.15) is 0 Å². The summed E-state index contributed by atoms with van der Waals surface area (Å²) in [6.07, 6.45) is 1.95. The summed E-state index contributed by atoms with van der Waals surface area (Å²) in [5, 5.41) is 15.9. The maximum atomic E-state index is 12.0. The third-order valence-corrected chi connectivity index (χ3v) is 3.85. The monoisotopic (exact) mass is 437 g/mol. The Balaban J connectivity index is 1.92. The first-order valence-corrected chi connectivity index (χ1v) is 8.52. The van der Waals surface area contributed by atoms with E-state index in [0.717, 1.165) is 6.20 Å². The number of aromatic nitrogens is 4. The van der Waals surface area contributed by atoms with E-state index in [9.17, 15) is 14.9 Å². The summed E-state index contributed by atoms with van der Waals surface area (Å²) in [5.74, 6) is 0.324. The highest BCUT2D eigenvalue weighted by molar-refractivity contribution is 6.68. The van der Waals surface area contributed by atoms with Crippen molar-refractivity contribution in [1.82, 2.24) is 24.8 Å². The van der Waals surface area contributed by atoms with Crippen molar-refractivity contribution in [2.75, 3.05) is 11.9 Å². The van der Waals surface area contributed by atoms with E-state index in [-0.39, 0.29) is 24.9 Å². The van der Waals surface area contributed by atoms with Crippen LogP contribution >= 0.6 is 34.8 Å². The van der Waals surface area contributed by atoms with Gasteiger partial charge >= 0.3 is 11.9 Å². The average Bonchev–Trinajstić information content (AvgIpc) is 2.95. The number of hydrogen-bond donors (Lipinski definition) is 2. The fourth-order valence-electron chi connectivity index (χ4n) is 1.97. The lowest BCUT2D eigenvalue weighted by Crippen LogP contribution is -2.49. The second kappa shape index (κ2) is 9.02. The highest BCUT2D eigenvalue weighted by Crippen LogP contribution is 2.30. The van der Waals surface area contributed by atoms with Crippen molar-refractivity contribution < 1.29 is 14.5 Å². The first-order chi connectivity index (χ1) is 12.7. The molecular weight excluding hydrogens is 425 g/mol. The molecule has 14 heteroatoms. The Kier molecular flexibility index (Phi) is 6.99. The van der Waals surface area contributed by atoms with E-state index in [1.165, 1.54) is 17.0 Å². The Labute approximate surface area is 168 Å². The maximum absolute atomic E-state index is 12.0. The van der Waals surface area contributed by atoms with E-state index in [2.05, 4.69) is 25.6 Å². The molecule has 2 N–H and O–H groups in total. The summed E-state index contributed by atoms with van der Waals surface area (Å²) >= 11 is 17.5. The summed E-state index contributed by atoms with van der Waals surface area (Å²) in [4.78, 5) is 34.0. The van der Waals surface area contributed by atoms with Crippen LogP contribution in [0.25, 0.3) is 0 Å². The number of carbonyl (C=O) groups excluding carboxylic acids is 1. The topological polar surface area (TPSA) is 137 Å². The molecule has 0 spiro atoms. The lowest BCUT2D eigenvalue weighted by atomic mass is 10.5. The molecule has 0 bridgehead atoms. The molecule has 0 aliphatic heterocycles. The number of rotatable bonds is 7. The molecule has 2 rings (SSSR count). The molecule has 27 heavy (non-hydrogen) atoms. The van der Waals surface area contributed by atoms with E-state index >= 15 is 0 Å². The number of halogens is 3. The highest BCUT2D eigenvalue weighted by atomic mass is 35.6. The van der Waals surface area contributed by atoms with Gasteiger partial charge in [0.1, 0.15) is 19.3 Å². The number of hydrogen-bond acceptors (Lipinski definition) is 8. The first-order valence-electron chi connectivity index (χ1n) is 7.38. The van der Waals surface area contributed by atoms with Gasteiger partial charge in [0.25, 0.3) is 0 Å². The molecule has 0 aliphatic rings. The molecule has 0 aliphatic carbocycles. The van der Waals surface area contributed by atoms with Gasteiger partial charge in [0.15, 0.2) is 12.0 Å². The minimum atomic E-state index is -1.93. The predicted octanol–water partition coefficient (Wildman–Crippen LogP) is 2.42. The van der Waals surface area contributed by atoms with Gasteiger partial charge in [-0.1, -0.05) is 34.8 Å². The fraction of sp³-hybridized carbons (Fsp3) is 0.385. The van der Waals surface area contributed by atoms with Gasteiger partial charge in [-0.15, -0.1) is 0 Å². The summed E-state index contributed by atoms with van der Waals surface area (Å²) in [6, 6.07) is 1.59. The minimum Gasteiger partial charge on any atom is -0.445 e. The standard InChI is InChI=1S/C13H14Cl3N7O4/c1-8-19-7-9(23(25)26)22(8)5-6-27-12(24)21-10(13(14,15)16)20-11-17-3-2-4-18-11/h2-4,7,10H,5-6H2,1H3,(H,21,24)(H,17,18,20)/t10-/m1/s1. The first kappa shape index (κ1) is 20.9. The minimum absolute atomic E-state index is 0.0310. The molecule has 0 saturated heterocycles. The summed E-state index contributed by atoms with van der Waals surface area (Å²) in [5.41, 5.74) is 0. The van der Waals surface area contributed by atoms with Crippen LogP contribution in [0.15, 0.2) is 24.7 Å². The number of nitrogens with one attached hydrogen (secondary N) is 2. The van der Waals surface area contributed by atoms with E-state index in [4.69, 9.17) is 39.5 Å². The van der Waals surface area contributed by atoms with Crippen LogP contribution < -0.4 is 10.6 Å². The van der Waals surface area contributed by atoms with Crippen molar-refractivity contribution in [2.45, 2.75) is 23.4 Å². The second-order valence-corrected chi connectivity index (χ2v) is 7.41. The zero-order valence-electron chi connectivity index (χ0n) is 13.8. The van der Waals surface area contributed by atoms with Gasteiger partial charge in [0.2, 0.25) is 9.74 Å². The number of carbonyl (C=O) groups is 1. The Bertz CT molecular complexity index is 797. The number of ether oxygens (including phenoxy) is 1. The van der Waals surface area contributed by atoms with Gasteiger partial charge in [0.05, 0.1) is 0 Å². The van der Waals surface area contributed by atoms with Crippen LogP contribution in [0.2, 0.25) is 0 Å². The molecule has 1 amide bonds. The number of anilines is 1. The average molecular weight is 439 g/mol. The number of nitrogens with zero attached hydrogens (tertiary/aromatic N) is 5. The maximum Gasteiger partial charge on any atom is 0.409 e.